The fourth-order valence-corrected chi connectivity index (χ4v) is 7.98. The second-order valence-electron chi connectivity index (χ2n) is 16.1. The van der Waals surface area contributed by atoms with Gasteiger partial charge in [-0.05, 0) is 63.7 Å². The minimum absolute atomic E-state index is 0.00129. The molecule has 0 aromatic rings. The topological polar surface area (TPSA) is 162 Å². The van der Waals surface area contributed by atoms with Crippen LogP contribution in [0.3, 0.4) is 0 Å². The first-order chi connectivity index (χ1) is 27.1. The Morgan fingerprint density at radius 1 is 0.754 bits per heavy atom. The molecule has 5 N–H and O–H groups in total. The molecule has 2 rings (SSSR count). The van der Waals surface area contributed by atoms with Crippen LogP contribution in [-0.4, -0.2) is 72.8 Å². The lowest BCUT2D eigenvalue weighted by atomic mass is 9.87. The van der Waals surface area contributed by atoms with Crippen LogP contribution in [-0.2, 0) is 19.1 Å². The van der Waals surface area contributed by atoms with Gasteiger partial charge in [0, 0.05) is 56.3 Å². The van der Waals surface area contributed by atoms with Gasteiger partial charge in [-0.2, -0.15) is 0 Å². The predicted octanol–water partition coefficient (Wildman–Crippen LogP) is 9.26. The Morgan fingerprint density at radius 3 is 1.96 bits per heavy atom. The molecule has 2 fully saturated rings. The minimum Gasteiger partial charge on any atom is -0.481 e. The van der Waals surface area contributed by atoms with Crippen molar-refractivity contribution in [1.29, 1.82) is 0 Å². The highest BCUT2D eigenvalue weighted by Crippen LogP contribution is 2.39. The van der Waals surface area contributed by atoms with Crippen molar-refractivity contribution in [3.63, 3.8) is 0 Å². The number of aliphatic hydroxyl groups is 4. The number of esters is 1. The number of halogens is 2. The number of aliphatic hydroxyl groups excluding tert-OH is 3. The van der Waals surface area contributed by atoms with Crippen LogP contribution in [0.25, 0.3) is 0 Å². The smallest absolute Gasteiger partial charge is 0.306 e. The summed E-state index contributed by atoms with van der Waals surface area (Å²) in [5.41, 5.74) is -3.25. The zero-order valence-electron chi connectivity index (χ0n) is 34.3. The summed E-state index contributed by atoms with van der Waals surface area (Å²) in [6, 6.07) is 0. The summed E-state index contributed by atoms with van der Waals surface area (Å²) >= 11 is 0. The van der Waals surface area contributed by atoms with Gasteiger partial charge in [-0.1, -0.05) is 108 Å². The van der Waals surface area contributed by atoms with Gasteiger partial charge in [0.1, 0.15) is 23.0 Å². The molecule has 0 bridgehead atoms. The lowest BCUT2D eigenvalue weighted by Gasteiger charge is -2.31. The molecule has 9 atom stereocenters. The molecule has 0 saturated heterocycles. The van der Waals surface area contributed by atoms with E-state index >= 15 is 4.39 Å². The van der Waals surface area contributed by atoms with Gasteiger partial charge in [-0.25, -0.2) is 8.78 Å². The Kier molecular flexibility index (Phi) is 22.7. The van der Waals surface area contributed by atoms with E-state index in [1.165, 1.54) is 0 Å². The Hall–Kier alpha value is -3.25. The van der Waals surface area contributed by atoms with Gasteiger partial charge in [-0.15, -0.1) is 0 Å². The highest BCUT2D eigenvalue weighted by Gasteiger charge is 2.41. The van der Waals surface area contributed by atoms with E-state index in [-0.39, 0.29) is 69.0 Å². The Balaban J connectivity index is 1.99. The number of carbonyl (C=O) groups excluding carboxylic acids is 2. The lowest BCUT2D eigenvalue weighted by Crippen LogP contribution is -2.35. The van der Waals surface area contributed by atoms with Gasteiger partial charge in [-0.3, -0.25) is 14.4 Å². The van der Waals surface area contributed by atoms with Crippen LogP contribution in [0.5, 0.6) is 0 Å². The molecule has 0 spiro atoms. The molecule has 2 unspecified atom stereocenters. The third-order valence-corrected chi connectivity index (χ3v) is 11.6. The molecule has 0 amide bonds. The van der Waals surface area contributed by atoms with Crippen LogP contribution < -0.4 is 0 Å². The third-order valence-electron chi connectivity index (χ3n) is 11.6. The molecule has 0 aromatic heterocycles. The Bertz CT molecular complexity index is 1410. The SMILES string of the molecule is C=C(F)C(O)(CC=C[C@@H]1[C@@H](CC=CCCCC(=O)OC(C/C=C/[C@H]2[C@H](O)CC(=O)[C@@H]2C/C=C\CCCC(=O)O)(CCCCC)C(=C)F)[C@H](O)C[C@H]1O)CCCCC. The van der Waals surface area contributed by atoms with Gasteiger partial charge in [0.25, 0.3) is 0 Å². The van der Waals surface area contributed by atoms with Crippen LogP contribution in [0.2, 0.25) is 0 Å². The number of allylic oxidation sites excluding steroid dienone is 4. The second kappa shape index (κ2) is 26.0. The first-order valence-electron chi connectivity index (χ1n) is 21.2. The monoisotopic (exact) mass is 804 g/mol. The number of carbonyl (C=O) groups is 3. The van der Waals surface area contributed by atoms with Crippen molar-refractivity contribution < 1.29 is 53.4 Å². The average Bonchev–Trinajstić information content (AvgIpc) is 3.57. The Morgan fingerprint density at radius 2 is 1.35 bits per heavy atom. The van der Waals surface area contributed by atoms with Gasteiger partial charge >= 0.3 is 11.9 Å². The summed E-state index contributed by atoms with van der Waals surface area (Å²) in [5.74, 6) is -4.68. The van der Waals surface area contributed by atoms with Crippen molar-refractivity contribution in [2.24, 2.45) is 23.7 Å². The summed E-state index contributed by atoms with van der Waals surface area (Å²) in [6.45, 7) is 10.9. The number of ether oxygens (including phenoxy) is 1. The minimum atomic E-state index is -1.66. The zero-order chi connectivity index (χ0) is 42.4. The average molecular weight is 805 g/mol. The van der Waals surface area contributed by atoms with Gasteiger partial charge in [0.2, 0.25) is 0 Å². The quantitative estimate of drug-likeness (QED) is 0.0282. The number of carboxylic acids is 1. The molecule has 0 aromatic carbocycles. The summed E-state index contributed by atoms with van der Waals surface area (Å²) in [6.07, 6.45) is 20.3. The molecule has 57 heavy (non-hydrogen) atoms. The molecule has 2 aliphatic rings. The standard InChI is InChI=1S/C46H70F2O9/c1-5-7-17-27-45(56,33(3)47)28-19-23-37-35(39(49)31-41(37)51)22-14-10-12-16-26-44(55)57-46(34(4)48,29-18-8-6-2)30-20-24-38-36(40(50)32-42(38)52)21-13-9-11-15-25-43(53)54/h9-10,13-14,19-20,23-24,35-39,41-42,49,51-52,56H,3-8,11-12,15-18,21-22,25-32H2,1-2H3,(H,53,54)/b13-9-,14-10?,23-19?,24-20+/t35-,36-,37-,38-,39-,41-,42-,45?,46?/m1/s1. The molecule has 2 aliphatic carbocycles. The number of Topliss-reactive ketones (excluding diaryl/α,β-unsaturated/α-hetero) is 1. The summed E-state index contributed by atoms with van der Waals surface area (Å²) in [7, 11) is 0. The van der Waals surface area contributed by atoms with E-state index in [0.29, 0.717) is 51.4 Å². The molecule has 0 radical (unpaired) electrons. The highest BCUT2D eigenvalue weighted by molar-refractivity contribution is 5.84. The molecular weight excluding hydrogens is 734 g/mol. The molecular formula is C46H70F2O9. The normalized spacial score (nSPS) is 26.2. The fourth-order valence-electron chi connectivity index (χ4n) is 7.98. The van der Waals surface area contributed by atoms with Crippen LogP contribution in [0, 0.1) is 23.7 Å². The summed E-state index contributed by atoms with van der Waals surface area (Å²) in [5, 5.41) is 51.6. The molecule has 0 heterocycles. The van der Waals surface area contributed by atoms with Crippen LogP contribution in [0.1, 0.15) is 142 Å². The zero-order valence-corrected chi connectivity index (χ0v) is 34.3. The van der Waals surface area contributed by atoms with Crippen molar-refractivity contribution in [2.75, 3.05) is 0 Å². The largest absolute Gasteiger partial charge is 0.481 e. The second-order valence-corrected chi connectivity index (χ2v) is 16.1. The van der Waals surface area contributed by atoms with Gasteiger partial charge < -0.3 is 30.3 Å². The van der Waals surface area contributed by atoms with Crippen LogP contribution >= 0.6 is 0 Å². The van der Waals surface area contributed by atoms with Gasteiger partial charge in [0.15, 0.2) is 5.60 Å². The first kappa shape index (κ1) is 49.9. The molecule has 11 heteroatoms. The number of hydrogen-bond donors (Lipinski definition) is 5. The van der Waals surface area contributed by atoms with E-state index in [1.54, 1.807) is 24.3 Å². The van der Waals surface area contributed by atoms with Gasteiger partial charge in [0.05, 0.1) is 18.3 Å². The molecule has 9 nitrogen and oxygen atoms in total. The number of unbranched alkanes of at least 4 members (excludes halogenated alkanes) is 6. The van der Waals surface area contributed by atoms with Crippen molar-refractivity contribution in [2.45, 2.75) is 172 Å². The van der Waals surface area contributed by atoms with Crippen molar-refractivity contribution >= 4 is 17.7 Å². The molecule has 0 aliphatic heterocycles. The fraction of sp³-hybridized carbons (Fsp3) is 0.674. The van der Waals surface area contributed by atoms with E-state index in [1.807, 2.05) is 38.2 Å². The third kappa shape index (κ3) is 16.9. The van der Waals surface area contributed by atoms with E-state index in [0.717, 1.165) is 25.7 Å². The van der Waals surface area contributed by atoms with Crippen molar-refractivity contribution in [1.82, 2.24) is 0 Å². The van der Waals surface area contributed by atoms with E-state index in [4.69, 9.17) is 9.84 Å². The summed E-state index contributed by atoms with van der Waals surface area (Å²) in [4.78, 5) is 36.6. The Labute approximate surface area is 339 Å². The van der Waals surface area contributed by atoms with Crippen LogP contribution in [0.4, 0.5) is 8.78 Å². The molecule has 2 saturated carbocycles. The number of rotatable bonds is 29. The number of hydrogen-bond acceptors (Lipinski definition) is 8. The maximum Gasteiger partial charge on any atom is 0.306 e. The maximum atomic E-state index is 15.3. The predicted molar refractivity (Wildman–Crippen MR) is 219 cm³/mol. The van der Waals surface area contributed by atoms with Crippen molar-refractivity contribution in [3.8, 4) is 0 Å². The van der Waals surface area contributed by atoms with E-state index in [2.05, 4.69) is 13.2 Å². The maximum absolute atomic E-state index is 15.3. The van der Waals surface area contributed by atoms with Crippen LogP contribution in [0.15, 0.2) is 73.4 Å². The number of carboxylic acid groups (broad SMARTS) is 1. The van der Waals surface area contributed by atoms with E-state index < -0.39 is 64.9 Å². The van der Waals surface area contributed by atoms with E-state index in [9.17, 15) is 39.2 Å². The molecule has 322 valence electrons. The van der Waals surface area contributed by atoms with Crippen molar-refractivity contribution in [3.05, 3.63) is 73.4 Å². The number of aliphatic carboxylic acids is 1. The first-order valence-corrected chi connectivity index (χ1v) is 21.2. The number of ketones is 1. The lowest BCUT2D eigenvalue weighted by molar-refractivity contribution is -0.158. The highest BCUT2D eigenvalue weighted by atomic mass is 19.1. The summed E-state index contributed by atoms with van der Waals surface area (Å²) < 4.78 is 35.3.